The fourth-order valence-corrected chi connectivity index (χ4v) is 2.55. The van der Waals surface area contributed by atoms with E-state index in [2.05, 4.69) is 16.0 Å². The van der Waals surface area contributed by atoms with Gasteiger partial charge in [-0.1, -0.05) is 12.1 Å². The lowest BCUT2D eigenvalue weighted by atomic mass is 10.1. The van der Waals surface area contributed by atoms with Gasteiger partial charge >= 0.3 is 6.03 Å². The molecular formula is C19H26N4O3. The molecule has 1 unspecified atom stereocenters. The van der Waals surface area contributed by atoms with Crippen LogP contribution in [0.5, 0.6) is 0 Å². The number of hydrogen-bond donors (Lipinski definition) is 3. The van der Waals surface area contributed by atoms with Gasteiger partial charge in [0.15, 0.2) is 0 Å². The topological polar surface area (TPSA) is 86.6 Å². The number of anilines is 1. The molecule has 3 N–H and O–H groups in total. The second-order valence-corrected chi connectivity index (χ2v) is 6.26. The van der Waals surface area contributed by atoms with Gasteiger partial charge in [-0.15, -0.1) is 0 Å². The molecule has 0 spiro atoms. The van der Waals surface area contributed by atoms with Crippen molar-refractivity contribution in [3.63, 3.8) is 0 Å². The molecule has 0 aliphatic rings. The first kappa shape index (κ1) is 19.5. The number of hydrogen-bond acceptors (Lipinski definition) is 4. The zero-order valence-electron chi connectivity index (χ0n) is 15.4. The standard InChI is InChI=1S/C19H26N4O3/c1-14(24)22-16-8-6-15(7-9-16)10-11-20-19(25)21-13-17(23(2)3)18-5-4-12-26-18/h4-9,12,17H,10-11,13H2,1-3H3,(H,22,24)(H2,20,21,25). The quantitative estimate of drug-likeness (QED) is 0.676. The van der Waals surface area contributed by atoms with Crippen LogP contribution in [0.15, 0.2) is 47.1 Å². The molecule has 26 heavy (non-hydrogen) atoms. The zero-order valence-corrected chi connectivity index (χ0v) is 15.4. The van der Waals surface area contributed by atoms with E-state index >= 15 is 0 Å². The van der Waals surface area contributed by atoms with Crippen LogP contribution in [0.3, 0.4) is 0 Å². The second kappa shape index (κ2) is 9.62. The van der Waals surface area contributed by atoms with Gasteiger partial charge in [-0.2, -0.15) is 0 Å². The van der Waals surface area contributed by atoms with E-state index in [1.165, 1.54) is 6.92 Å². The number of likely N-dealkylation sites (N-methyl/N-ethyl adjacent to an activating group) is 1. The molecule has 0 saturated heterocycles. The predicted molar refractivity (Wildman–Crippen MR) is 101 cm³/mol. The molecule has 0 bridgehead atoms. The third-order valence-corrected chi connectivity index (χ3v) is 3.92. The van der Waals surface area contributed by atoms with Crippen molar-refractivity contribution in [3.05, 3.63) is 54.0 Å². The van der Waals surface area contributed by atoms with Crippen molar-refractivity contribution in [2.45, 2.75) is 19.4 Å². The van der Waals surface area contributed by atoms with E-state index in [9.17, 15) is 9.59 Å². The van der Waals surface area contributed by atoms with Gasteiger partial charge in [-0.25, -0.2) is 4.79 Å². The highest BCUT2D eigenvalue weighted by Crippen LogP contribution is 2.17. The van der Waals surface area contributed by atoms with Crippen molar-refractivity contribution >= 4 is 17.6 Å². The molecule has 140 valence electrons. The fraction of sp³-hybridized carbons (Fsp3) is 0.368. The highest BCUT2D eigenvalue weighted by Gasteiger charge is 2.17. The van der Waals surface area contributed by atoms with Crippen LogP contribution >= 0.6 is 0 Å². The van der Waals surface area contributed by atoms with Crippen LogP contribution in [0, 0.1) is 0 Å². The smallest absolute Gasteiger partial charge is 0.314 e. The van der Waals surface area contributed by atoms with Crippen LogP contribution in [-0.4, -0.2) is 44.0 Å². The maximum atomic E-state index is 12.0. The first-order valence-electron chi connectivity index (χ1n) is 8.53. The Morgan fingerprint density at radius 3 is 2.42 bits per heavy atom. The Kier molecular flexibility index (Phi) is 7.23. The number of benzene rings is 1. The van der Waals surface area contributed by atoms with Gasteiger partial charge in [0.05, 0.1) is 12.3 Å². The van der Waals surface area contributed by atoms with Gasteiger partial charge < -0.3 is 20.4 Å². The SMILES string of the molecule is CC(=O)Nc1ccc(CCNC(=O)NCC(c2ccco2)N(C)C)cc1. The molecule has 3 amide bonds. The maximum absolute atomic E-state index is 12.0. The summed E-state index contributed by atoms with van der Waals surface area (Å²) in [5.41, 5.74) is 1.85. The number of furan rings is 1. The average Bonchev–Trinajstić information content (AvgIpc) is 3.10. The molecule has 2 rings (SSSR count). The molecule has 7 heteroatoms. The van der Waals surface area contributed by atoms with Crippen LogP contribution in [0.4, 0.5) is 10.5 Å². The number of rotatable bonds is 8. The highest BCUT2D eigenvalue weighted by molar-refractivity contribution is 5.88. The van der Waals surface area contributed by atoms with Crippen LogP contribution in [0.25, 0.3) is 0 Å². The Bertz CT molecular complexity index is 696. The summed E-state index contributed by atoms with van der Waals surface area (Å²) < 4.78 is 5.42. The lowest BCUT2D eigenvalue weighted by molar-refractivity contribution is -0.114. The van der Waals surface area contributed by atoms with Crippen molar-refractivity contribution in [1.82, 2.24) is 15.5 Å². The normalized spacial score (nSPS) is 11.8. The second-order valence-electron chi connectivity index (χ2n) is 6.26. The minimum atomic E-state index is -0.210. The Morgan fingerprint density at radius 2 is 1.85 bits per heavy atom. The van der Waals surface area contributed by atoms with E-state index in [-0.39, 0.29) is 18.0 Å². The Labute approximate surface area is 153 Å². The van der Waals surface area contributed by atoms with E-state index in [1.807, 2.05) is 55.4 Å². The van der Waals surface area contributed by atoms with Crippen LogP contribution in [0.1, 0.15) is 24.3 Å². The van der Waals surface area contributed by atoms with Crippen molar-refractivity contribution in [3.8, 4) is 0 Å². The molecule has 7 nitrogen and oxygen atoms in total. The minimum absolute atomic E-state index is 0.0166. The third-order valence-electron chi connectivity index (χ3n) is 3.92. The van der Waals surface area contributed by atoms with E-state index in [0.29, 0.717) is 19.5 Å². The van der Waals surface area contributed by atoms with Gasteiger partial charge in [0.2, 0.25) is 5.91 Å². The predicted octanol–water partition coefficient (Wildman–Crippen LogP) is 2.38. The summed E-state index contributed by atoms with van der Waals surface area (Å²) in [6, 6.07) is 11.1. The summed E-state index contributed by atoms with van der Waals surface area (Å²) in [5, 5.41) is 8.44. The van der Waals surface area contributed by atoms with Crippen molar-refractivity contribution < 1.29 is 14.0 Å². The molecule has 0 aliphatic heterocycles. The molecule has 0 fully saturated rings. The summed E-state index contributed by atoms with van der Waals surface area (Å²) in [6.07, 6.45) is 2.34. The van der Waals surface area contributed by atoms with Gasteiger partial charge in [-0.3, -0.25) is 9.69 Å². The molecule has 1 aromatic heterocycles. The molecule has 0 saturated carbocycles. The van der Waals surface area contributed by atoms with Crippen LogP contribution in [0.2, 0.25) is 0 Å². The molecule has 1 atom stereocenters. The molecule has 0 aliphatic carbocycles. The number of amides is 3. The van der Waals surface area contributed by atoms with E-state index in [4.69, 9.17) is 4.42 Å². The van der Waals surface area contributed by atoms with E-state index in [0.717, 1.165) is 17.0 Å². The average molecular weight is 358 g/mol. The summed E-state index contributed by atoms with van der Waals surface area (Å²) in [6.45, 7) is 2.46. The van der Waals surface area contributed by atoms with Gasteiger partial charge in [-0.05, 0) is 50.3 Å². The fourth-order valence-electron chi connectivity index (χ4n) is 2.55. The lowest BCUT2D eigenvalue weighted by Crippen LogP contribution is -2.41. The van der Waals surface area contributed by atoms with E-state index in [1.54, 1.807) is 6.26 Å². The number of carbonyl (C=O) groups is 2. The number of nitrogens with one attached hydrogen (secondary N) is 3. The number of nitrogens with zero attached hydrogens (tertiary/aromatic N) is 1. The summed E-state index contributed by atoms with van der Waals surface area (Å²) >= 11 is 0. The van der Waals surface area contributed by atoms with Crippen molar-refractivity contribution in [2.75, 3.05) is 32.5 Å². The van der Waals surface area contributed by atoms with Crippen molar-refractivity contribution in [1.29, 1.82) is 0 Å². The number of carbonyl (C=O) groups excluding carboxylic acids is 2. The van der Waals surface area contributed by atoms with Gasteiger partial charge in [0.1, 0.15) is 5.76 Å². The van der Waals surface area contributed by atoms with Crippen LogP contribution in [-0.2, 0) is 11.2 Å². The van der Waals surface area contributed by atoms with E-state index < -0.39 is 0 Å². The van der Waals surface area contributed by atoms with Gasteiger partial charge in [0.25, 0.3) is 0 Å². The number of urea groups is 1. The lowest BCUT2D eigenvalue weighted by Gasteiger charge is -2.22. The Balaban J connectivity index is 1.72. The highest BCUT2D eigenvalue weighted by atomic mass is 16.3. The summed E-state index contributed by atoms with van der Waals surface area (Å²) in [7, 11) is 3.88. The largest absolute Gasteiger partial charge is 0.468 e. The summed E-state index contributed by atoms with van der Waals surface area (Å²) in [5.74, 6) is 0.719. The van der Waals surface area contributed by atoms with Crippen LogP contribution < -0.4 is 16.0 Å². The third kappa shape index (κ3) is 6.25. The zero-order chi connectivity index (χ0) is 18.9. The molecule has 0 radical (unpaired) electrons. The van der Waals surface area contributed by atoms with Crippen molar-refractivity contribution in [2.24, 2.45) is 0 Å². The molecule has 1 aromatic carbocycles. The first-order chi connectivity index (χ1) is 12.5. The molecule has 1 heterocycles. The summed E-state index contributed by atoms with van der Waals surface area (Å²) in [4.78, 5) is 25.0. The monoisotopic (exact) mass is 358 g/mol. The van der Waals surface area contributed by atoms with Gasteiger partial charge in [0, 0.05) is 25.7 Å². The maximum Gasteiger partial charge on any atom is 0.314 e. The molecule has 2 aromatic rings. The first-order valence-corrected chi connectivity index (χ1v) is 8.53. The molecular weight excluding hydrogens is 332 g/mol. The Hall–Kier alpha value is -2.80. The Morgan fingerprint density at radius 1 is 1.12 bits per heavy atom. The minimum Gasteiger partial charge on any atom is -0.468 e.